The van der Waals surface area contributed by atoms with Crippen LogP contribution in [0.3, 0.4) is 0 Å². The Morgan fingerprint density at radius 1 is 1.24 bits per heavy atom. The van der Waals surface area contributed by atoms with E-state index < -0.39 is 5.82 Å². The molecule has 0 unspecified atom stereocenters. The van der Waals surface area contributed by atoms with Crippen LogP contribution in [0.25, 0.3) is 16.7 Å². The van der Waals surface area contributed by atoms with E-state index >= 15 is 0 Å². The molecule has 0 saturated carbocycles. The summed E-state index contributed by atoms with van der Waals surface area (Å²) in [6.07, 6.45) is 1.45. The van der Waals surface area contributed by atoms with E-state index in [2.05, 4.69) is 20.4 Å². The summed E-state index contributed by atoms with van der Waals surface area (Å²) in [5.74, 6) is -0.927. The van der Waals surface area contributed by atoms with Gasteiger partial charge in [-0.3, -0.25) is 9.59 Å². The number of benzene rings is 2. The number of aromatic nitrogens is 4. The Labute approximate surface area is 172 Å². The van der Waals surface area contributed by atoms with E-state index in [0.717, 1.165) is 17.4 Å². The van der Waals surface area contributed by atoms with Gasteiger partial charge >= 0.3 is 0 Å². The van der Waals surface area contributed by atoms with Crippen molar-refractivity contribution >= 4 is 46.0 Å². The summed E-state index contributed by atoms with van der Waals surface area (Å²) in [7, 11) is 0. The van der Waals surface area contributed by atoms with Crippen molar-refractivity contribution in [3.8, 4) is 5.69 Å². The zero-order chi connectivity index (χ0) is 20.4. The number of rotatable bonds is 5. The summed E-state index contributed by atoms with van der Waals surface area (Å²) >= 11 is 6.77. The number of carbonyl (C=O) groups is 1. The van der Waals surface area contributed by atoms with Gasteiger partial charge in [-0.05, 0) is 30.3 Å². The van der Waals surface area contributed by atoms with E-state index in [4.69, 9.17) is 11.6 Å². The monoisotopic (exact) mass is 429 g/mol. The molecular weight excluding hydrogens is 417 g/mol. The number of hydrogen-bond acceptors (Lipinski definition) is 5. The minimum Gasteiger partial charge on any atom is -0.325 e. The Kier molecular flexibility index (Phi) is 5.32. The third-order valence-corrected chi connectivity index (χ3v) is 5.12. The van der Waals surface area contributed by atoms with E-state index in [1.54, 1.807) is 4.68 Å². The van der Waals surface area contributed by atoms with Gasteiger partial charge in [0.05, 0.1) is 22.7 Å². The Balaban J connectivity index is 1.53. The number of thioether (sulfide) groups is 1. The molecule has 0 atom stereocenters. The standard InChI is InChI=1S/C19H13ClFN5O2S/c20-14-8-11(6-7-15(14)21)23-16(27)10-29-19-24-17-13(18(28)25-19)9-22-26(17)12-4-2-1-3-5-12/h1-9H,10H2,(H,23,27)(H,24,25,28). The number of aromatic amines is 1. The van der Waals surface area contributed by atoms with Crippen LogP contribution < -0.4 is 10.9 Å². The van der Waals surface area contributed by atoms with Gasteiger partial charge in [0.2, 0.25) is 5.91 Å². The third-order valence-electron chi connectivity index (χ3n) is 3.96. The highest BCUT2D eigenvalue weighted by molar-refractivity contribution is 7.99. The lowest BCUT2D eigenvalue weighted by Crippen LogP contribution is -2.15. The molecule has 7 nitrogen and oxygen atoms in total. The van der Waals surface area contributed by atoms with Gasteiger partial charge in [-0.1, -0.05) is 41.6 Å². The fraction of sp³-hybridized carbons (Fsp3) is 0.0526. The van der Waals surface area contributed by atoms with Crippen LogP contribution in [0, 0.1) is 5.82 Å². The molecule has 0 fully saturated rings. The first kappa shape index (κ1) is 19.2. The average molecular weight is 430 g/mol. The summed E-state index contributed by atoms with van der Waals surface area (Å²) in [5.41, 5.74) is 1.20. The smallest absolute Gasteiger partial charge is 0.262 e. The van der Waals surface area contributed by atoms with Gasteiger partial charge < -0.3 is 10.3 Å². The van der Waals surface area contributed by atoms with Crippen LogP contribution in [-0.2, 0) is 4.79 Å². The zero-order valence-electron chi connectivity index (χ0n) is 14.7. The van der Waals surface area contributed by atoms with Gasteiger partial charge in [0, 0.05) is 5.69 Å². The molecular formula is C19H13ClFN5O2S. The van der Waals surface area contributed by atoms with Gasteiger partial charge in [-0.25, -0.2) is 14.1 Å². The molecule has 0 aliphatic rings. The van der Waals surface area contributed by atoms with E-state index in [9.17, 15) is 14.0 Å². The van der Waals surface area contributed by atoms with Gasteiger partial charge in [0.15, 0.2) is 10.8 Å². The first-order chi connectivity index (χ1) is 14.0. The Morgan fingerprint density at radius 3 is 2.79 bits per heavy atom. The molecule has 0 bridgehead atoms. The second-order valence-corrected chi connectivity index (χ2v) is 7.34. The summed E-state index contributed by atoms with van der Waals surface area (Å²) < 4.78 is 14.8. The molecule has 2 aromatic carbocycles. The molecule has 2 N–H and O–H groups in total. The van der Waals surface area contributed by atoms with Crippen molar-refractivity contribution in [1.29, 1.82) is 0 Å². The normalized spacial score (nSPS) is 11.0. The van der Waals surface area contributed by atoms with Crippen molar-refractivity contribution in [3.05, 3.63) is 75.9 Å². The molecule has 2 aromatic heterocycles. The summed E-state index contributed by atoms with van der Waals surface area (Å²) in [6, 6.07) is 13.2. The molecule has 0 radical (unpaired) electrons. The average Bonchev–Trinajstić information content (AvgIpc) is 3.14. The number of amides is 1. The van der Waals surface area contributed by atoms with E-state index in [-0.39, 0.29) is 27.4 Å². The topological polar surface area (TPSA) is 92.7 Å². The SMILES string of the molecule is O=C(CSc1nc2c(cnn2-c2ccccc2)c(=O)[nH]1)Nc1ccc(F)c(Cl)c1. The Bertz CT molecular complexity index is 1260. The molecule has 10 heteroatoms. The first-order valence-electron chi connectivity index (χ1n) is 8.42. The predicted octanol–water partition coefficient (Wildman–Crippen LogP) is 3.63. The minimum atomic E-state index is -0.566. The third kappa shape index (κ3) is 4.15. The molecule has 0 spiro atoms. The second kappa shape index (κ2) is 8.06. The molecule has 0 saturated heterocycles. The number of nitrogens with zero attached hydrogens (tertiary/aromatic N) is 3. The highest BCUT2D eigenvalue weighted by Crippen LogP contribution is 2.21. The minimum absolute atomic E-state index is 0.0110. The Hall–Kier alpha value is -3.17. The fourth-order valence-electron chi connectivity index (χ4n) is 2.63. The lowest BCUT2D eigenvalue weighted by Gasteiger charge is -2.06. The maximum atomic E-state index is 13.2. The van der Waals surface area contributed by atoms with Crippen molar-refractivity contribution in [1.82, 2.24) is 19.7 Å². The highest BCUT2D eigenvalue weighted by Gasteiger charge is 2.13. The maximum absolute atomic E-state index is 13.2. The number of para-hydroxylation sites is 1. The lowest BCUT2D eigenvalue weighted by atomic mass is 10.3. The van der Waals surface area contributed by atoms with Crippen molar-refractivity contribution in [3.63, 3.8) is 0 Å². The van der Waals surface area contributed by atoms with Gasteiger partial charge in [-0.15, -0.1) is 0 Å². The van der Waals surface area contributed by atoms with Crippen molar-refractivity contribution in [2.75, 3.05) is 11.1 Å². The molecule has 4 aromatic rings. The van der Waals surface area contributed by atoms with E-state index in [1.807, 2.05) is 30.3 Å². The van der Waals surface area contributed by atoms with Crippen LogP contribution in [0.5, 0.6) is 0 Å². The molecule has 1 amide bonds. The van der Waals surface area contributed by atoms with Crippen LogP contribution >= 0.6 is 23.4 Å². The van der Waals surface area contributed by atoms with E-state index in [1.165, 1.54) is 24.4 Å². The number of hydrogen-bond donors (Lipinski definition) is 2. The van der Waals surface area contributed by atoms with Crippen LogP contribution in [0.2, 0.25) is 5.02 Å². The highest BCUT2D eigenvalue weighted by atomic mass is 35.5. The van der Waals surface area contributed by atoms with Crippen LogP contribution in [0.1, 0.15) is 0 Å². The Morgan fingerprint density at radius 2 is 2.03 bits per heavy atom. The van der Waals surface area contributed by atoms with Gasteiger partial charge in [0.25, 0.3) is 5.56 Å². The number of nitrogens with one attached hydrogen (secondary N) is 2. The molecule has 0 aliphatic carbocycles. The lowest BCUT2D eigenvalue weighted by molar-refractivity contribution is -0.113. The molecule has 146 valence electrons. The number of fused-ring (bicyclic) bond motifs is 1. The first-order valence-corrected chi connectivity index (χ1v) is 9.79. The maximum Gasteiger partial charge on any atom is 0.262 e. The van der Waals surface area contributed by atoms with Crippen LogP contribution in [-0.4, -0.2) is 31.4 Å². The molecule has 29 heavy (non-hydrogen) atoms. The number of H-pyrrole nitrogens is 1. The van der Waals surface area contributed by atoms with Crippen LogP contribution in [0.15, 0.2) is 64.7 Å². The van der Waals surface area contributed by atoms with Crippen LogP contribution in [0.4, 0.5) is 10.1 Å². The predicted molar refractivity (Wildman–Crippen MR) is 110 cm³/mol. The van der Waals surface area contributed by atoms with Gasteiger partial charge in [0.1, 0.15) is 11.2 Å². The zero-order valence-corrected chi connectivity index (χ0v) is 16.3. The molecule has 0 aliphatic heterocycles. The quantitative estimate of drug-likeness (QED) is 0.373. The van der Waals surface area contributed by atoms with Crippen molar-refractivity contribution < 1.29 is 9.18 Å². The largest absolute Gasteiger partial charge is 0.325 e. The summed E-state index contributed by atoms with van der Waals surface area (Å²) in [5, 5.41) is 7.41. The fourth-order valence-corrected chi connectivity index (χ4v) is 3.47. The van der Waals surface area contributed by atoms with E-state index in [0.29, 0.717) is 16.7 Å². The number of carbonyl (C=O) groups excluding carboxylic acids is 1. The molecule has 4 rings (SSSR count). The number of halogens is 2. The summed E-state index contributed by atoms with van der Waals surface area (Å²) in [4.78, 5) is 31.6. The van der Waals surface area contributed by atoms with Crippen molar-refractivity contribution in [2.24, 2.45) is 0 Å². The van der Waals surface area contributed by atoms with Gasteiger partial charge in [-0.2, -0.15) is 5.10 Å². The number of anilines is 1. The molecule has 2 heterocycles. The summed E-state index contributed by atoms with van der Waals surface area (Å²) in [6.45, 7) is 0. The second-order valence-electron chi connectivity index (χ2n) is 5.97. The van der Waals surface area contributed by atoms with Crippen molar-refractivity contribution in [2.45, 2.75) is 5.16 Å².